The third-order valence-corrected chi connectivity index (χ3v) is 4.96. The van der Waals surface area contributed by atoms with Crippen molar-refractivity contribution in [1.82, 2.24) is 10.6 Å². The van der Waals surface area contributed by atoms with Crippen molar-refractivity contribution < 1.29 is 19.5 Å². The maximum absolute atomic E-state index is 12.9. The van der Waals surface area contributed by atoms with Gasteiger partial charge in [-0.1, -0.05) is 68.4 Å². The lowest BCUT2D eigenvalue weighted by Crippen LogP contribution is -2.49. The largest absolute Gasteiger partial charge is 0.478 e. The van der Waals surface area contributed by atoms with E-state index in [9.17, 15) is 19.5 Å². The van der Waals surface area contributed by atoms with E-state index < -0.39 is 17.9 Å². The van der Waals surface area contributed by atoms with Crippen LogP contribution in [0.15, 0.2) is 66.7 Å². The van der Waals surface area contributed by atoms with Gasteiger partial charge in [-0.2, -0.15) is 0 Å². The van der Waals surface area contributed by atoms with E-state index in [1.54, 1.807) is 12.1 Å². The van der Waals surface area contributed by atoms with Crippen LogP contribution in [0.2, 0.25) is 0 Å². The van der Waals surface area contributed by atoms with E-state index in [-0.39, 0.29) is 29.4 Å². The number of amides is 2. The number of carbonyl (C=O) groups is 3. The Bertz CT molecular complexity index is 1110. The molecule has 0 aliphatic heterocycles. The highest BCUT2D eigenvalue weighted by molar-refractivity contribution is 6.06. The summed E-state index contributed by atoms with van der Waals surface area (Å²) in [6, 6.07) is 19.0. The Labute approximate surface area is 181 Å². The summed E-state index contributed by atoms with van der Waals surface area (Å²) in [6.07, 6.45) is 0.287. The maximum Gasteiger partial charge on any atom is 0.336 e. The highest BCUT2D eigenvalue weighted by Crippen LogP contribution is 2.17. The van der Waals surface area contributed by atoms with Crippen LogP contribution in [0.5, 0.6) is 0 Å². The molecule has 0 fully saturated rings. The third kappa shape index (κ3) is 5.69. The van der Waals surface area contributed by atoms with Crippen molar-refractivity contribution in [1.29, 1.82) is 0 Å². The van der Waals surface area contributed by atoms with Crippen LogP contribution >= 0.6 is 0 Å². The number of hydrogen-bond acceptors (Lipinski definition) is 3. The van der Waals surface area contributed by atoms with E-state index in [2.05, 4.69) is 10.6 Å². The lowest BCUT2D eigenvalue weighted by Gasteiger charge is -2.20. The summed E-state index contributed by atoms with van der Waals surface area (Å²) in [5.74, 6) is -1.83. The lowest BCUT2D eigenvalue weighted by molar-refractivity contribution is -0.123. The number of nitrogens with one attached hydrogen (secondary N) is 2. The number of hydrogen-bond donors (Lipinski definition) is 3. The molecule has 3 rings (SSSR count). The van der Waals surface area contributed by atoms with Gasteiger partial charge in [0.1, 0.15) is 6.04 Å². The van der Waals surface area contributed by atoms with Crippen molar-refractivity contribution in [3.05, 3.63) is 83.4 Å². The fourth-order valence-electron chi connectivity index (χ4n) is 3.34. The topological polar surface area (TPSA) is 95.5 Å². The molecule has 0 saturated heterocycles. The summed E-state index contributed by atoms with van der Waals surface area (Å²) in [7, 11) is 0. The summed E-state index contributed by atoms with van der Waals surface area (Å²) in [5.41, 5.74) is 0.817. The average molecular weight is 418 g/mol. The van der Waals surface area contributed by atoms with Gasteiger partial charge < -0.3 is 15.7 Å². The molecule has 0 saturated carbocycles. The van der Waals surface area contributed by atoms with E-state index in [0.29, 0.717) is 6.54 Å². The highest BCUT2D eigenvalue weighted by Gasteiger charge is 2.24. The summed E-state index contributed by atoms with van der Waals surface area (Å²) >= 11 is 0. The Morgan fingerprint density at radius 3 is 2.19 bits per heavy atom. The summed E-state index contributed by atoms with van der Waals surface area (Å²) < 4.78 is 0. The molecule has 3 N–H and O–H groups in total. The van der Waals surface area contributed by atoms with Gasteiger partial charge in [0.2, 0.25) is 5.91 Å². The normalized spacial score (nSPS) is 11.8. The molecule has 0 aliphatic rings. The predicted molar refractivity (Wildman–Crippen MR) is 120 cm³/mol. The minimum Gasteiger partial charge on any atom is -0.478 e. The van der Waals surface area contributed by atoms with Crippen molar-refractivity contribution in [3.63, 3.8) is 0 Å². The van der Waals surface area contributed by atoms with Gasteiger partial charge in [-0.25, -0.2) is 4.79 Å². The molecule has 0 bridgehead atoms. The maximum atomic E-state index is 12.9. The van der Waals surface area contributed by atoms with Gasteiger partial charge in [0.25, 0.3) is 5.91 Å². The zero-order valence-corrected chi connectivity index (χ0v) is 17.6. The van der Waals surface area contributed by atoms with Crippen LogP contribution in [0.1, 0.15) is 40.1 Å². The van der Waals surface area contributed by atoms with Gasteiger partial charge >= 0.3 is 5.97 Å². The van der Waals surface area contributed by atoms with Crippen molar-refractivity contribution in [3.8, 4) is 0 Å². The minimum atomic E-state index is -1.19. The molecule has 1 atom stereocenters. The Morgan fingerprint density at radius 2 is 1.52 bits per heavy atom. The van der Waals surface area contributed by atoms with Gasteiger partial charge in [-0.05, 0) is 34.4 Å². The number of carboxylic acids is 1. The molecule has 0 heterocycles. The molecule has 31 heavy (non-hydrogen) atoms. The van der Waals surface area contributed by atoms with Crippen LogP contribution in [-0.2, 0) is 11.2 Å². The molecule has 6 heteroatoms. The molecule has 1 unspecified atom stereocenters. The standard InChI is InChI=1S/C25H26N2O4/c1-16(2)15-26-24(29)22(14-17-11-12-18-7-3-4-8-19(18)13-17)27-23(28)20-9-5-6-10-21(20)25(30)31/h3-13,16,22H,14-15H2,1-2H3,(H,26,29)(H,27,28)(H,30,31). The van der Waals surface area contributed by atoms with Crippen LogP contribution in [0.25, 0.3) is 10.8 Å². The number of rotatable bonds is 8. The predicted octanol–water partition coefficient (Wildman–Crippen LogP) is 3.65. The molecular weight excluding hydrogens is 392 g/mol. The first-order valence-corrected chi connectivity index (χ1v) is 10.2. The molecular formula is C25H26N2O4. The van der Waals surface area contributed by atoms with E-state index in [1.807, 2.05) is 56.3 Å². The molecule has 0 aliphatic carbocycles. The summed E-state index contributed by atoms with van der Waals surface area (Å²) in [4.78, 5) is 37.2. The van der Waals surface area contributed by atoms with Crippen LogP contribution in [0.3, 0.4) is 0 Å². The first-order chi connectivity index (χ1) is 14.8. The minimum absolute atomic E-state index is 0.0233. The second-order valence-corrected chi connectivity index (χ2v) is 7.90. The van der Waals surface area contributed by atoms with Gasteiger partial charge in [0.05, 0.1) is 11.1 Å². The Balaban J connectivity index is 1.86. The second kappa shape index (κ2) is 9.89. The van der Waals surface area contributed by atoms with E-state index >= 15 is 0 Å². The number of aromatic carboxylic acids is 1. The number of fused-ring (bicyclic) bond motifs is 1. The molecule has 0 radical (unpaired) electrons. The first-order valence-electron chi connectivity index (χ1n) is 10.2. The highest BCUT2D eigenvalue weighted by atomic mass is 16.4. The summed E-state index contributed by atoms with van der Waals surface area (Å²) in [6.45, 7) is 4.45. The zero-order chi connectivity index (χ0) is 22.4. The third-order valence-electron chi connectivity index (χ3n) is 4.96. The van der Waals surface area contributed by atoms with Crippen LogP contribution in [-0.4, -0.2) is 35.5 Å². The van der Waals surface area contributed by atoms with Crippen LogP contribution < -0.4 is 10.6 Å². The van der Waals surface area contributed by atoms with Crippen LogP contribution in [0.4, 0.5) is 0 Å². The molecule has 3 aromatic rings. The monoisotopic (exact) mass is 418 g/mol. The van der Waals surface area contributed by atoms with Crippen molar-refractivity contribution in [2.45, 2.75) is 26.3 Å². The second-order valence-electron chi connectivity index (χ2n) is 7.90. The Hall–Kier alpha value is -3.67. The fraction of sp³-hybridized carbons (Fsp3) is 0.240. The van der Waals surface area contributed by atoms with Gasteiger partial charge in [-0.15, -0.1) is 0 Å². The van der Waals surface area contributed by atoms with Crippen LogP contribution in [0, 0.1) is 5.92 Å². The number of carboxylic acid groups (broad SMARTS) is 1. The van der Waals surface area contributed by atoms with Gasteiger partial charge in [-0.3, -0.25) is 9.59 Å². The molecule has 2 amide bonds. The SMILES string of the molecule is CC(C)CNC(=O)C(Cc1ccc2ccccc2c1)NC(=O)c1ccccc1C(=O)O. The molecule has 160 valence electrons. The Morgan fingerprint density at radius 1 is 0.871 bits per heavy atom. The number of benzene rings is 3. The molecule has 0 aromatic heterocycles. The van der Waals surface area contributed by atoms with Crippen molar-refractivity contribution in [2.24, 2.45) is 5.92 Å². The Kier molecular flexibility index (Phi) is 7.03. The molecule has 6 nitrogen and oxygen atoms in total. The molecule has 3 aromatic carbocycles. The summed E-state index contributed by atoms with van der Waals surface area (Å²) in [5, 5.41) is 17.1. The fourth-order valence-corrected chi connectivity index (χ4v) is 3.34. The van der Waals surface area contributed by atoms with Crippen molar-refractivity contribution in [2.75, 3.05) is 6.54 Å². The van der Waals surface area contributed by atoms with Gasteiger partial charge in [0.15, 0.2) is 0 Å². The smallest absolute Gasteiger partial charge is 0.336 e. The lowest BCUT2D eigenvalue weighted by atomic mass is 10.00. The zero-order valence-electron chi connectivity index (χ0n) is 17.6. The number of carbonyl (C=O) groups excluding carboxylic acids is 2. The van der Waals surface area contributed by atoms with E-state index in [4.69, 9.17) is 0 Å². The average Bonchev–Trinajstić information content (AvgIpc) is 2.76. The molecule has 0 spiro atoms. The first kappa shape index (κ1) is 22.0. The van der Waals surface area contributed by atoms with Gasteiger partial charge in [0, 0.05) is 13.0 Å². The van der Waals surface area contributed by atoms with E-state index in [0.717, 1.165) is 16.3 Å². The van der Waals surface area contributed by atoms with Crippen molar-refractivity contribution >= 4 is 28.6 Å². The quantitative estimate of drug-likeness (QED) is 0.520. The van der Waals surface area contributed by atoms with E-state index in [1.165, 1.54) is 12.1 Å².